The molecule has 1 unspecified atom stereocenters. The van der Waals surface area contributed by atoms with E-state index in [-0.39, 0.29) is 5.92 Å². The smallest absolute Gasteiger partial charge is 0.118 e. The van der Waals surface area contributed by atoms with Crippen molar-refractivity contribution in [3.05, 3.63) is 102 Å². The Morgan fingerprint density at radius 2 is 1.31 bits per heavy atom. The van der Waals surface area contributed by atoms with Gasteiger partial charge in [-0.05, 0) is 35.2 Å². The zero-order valence-corrected chi connectivity index (χ0v) is 16.1. The van der Waals surface area contributed by atoms with Crippen molar-refractivity contribution in [1.82, 2.24) is 0 Å². The Morgan fingerprint density at radius 1 is 0.808 bits per heavy atom. The number of rotatable bonds is 7. The predicted molar refractivity (Wildman–Crippen MR) is 110 cm³/mol. The predicted octanol–water partition coefficient (Wildman–Crippen LogP) is 6.76. The van der Waals surface area contributed by atoms with Crippen molar-refractivity contribution in [2.75, 3.05) is 7.11 Å². The number of alkyl halides is 1. The maximum atomic E-state index is 7.51. The van der Waals surface area contributed by atoms with Gasteiger partial charge in [-0.15, -0.1) is 11.6 Å². The molecule has 0 aromatic heterocycles. The highest BCUT2D eigenvalue weighted by atomic mass is 35.5. The standard InChI is InChI=1S/C24H25ClO/c1-3-10-23(19-15-17-22(26-2)18-16-19)24(25,20-11-6-4-7-12-20)21-13-8-5-9-14-21/h4-9,11-18,23H,3,10H2,1-2H3. The van der Waals surface area contributed by atoms with E-state index in [1.807, 2.05) is 24.3 Å². The topological polar surface area (TPSA) is 9.23 Å². The first-order chi connectivity index (χ1) is 12.7. The third-order valence-electron chi connectivity index (χ3n) is 4.96. The van der Waals surface area contributed by atoms with E-state index in [4.69, 9.17) is 16.3 Å². The molecule has 0 saturated carbocycles. The molecule has 0 radical (unpaired) electrons. The molecule has 0 spiro atoms. The van der Waals surface area contributed by atoms with Crippen molar-refractivity contribution in [2.45, 2.75) is 30.6 Å². The van der Waals surface area contributed by atoms with E-state index in [1.54, 1.807) is 7.11 Å². The Morgan fingerprint density at radius 3 is 1.73 bits per heavy atom. The lowest BCUT2D eigenvalue weighted by Crippen LogP contribution is -2.29. The van der Waals surface area contributed by atoms with Crippen LogP contribution in [0.25, 0.3) is 0 Å². The summed E-state index contributed by atoms with van der Waals surface area (Å²) < 4.78 is 5.33. The van der Waals surface area contributed by atoms with E-state index < -0.39 is 4.87 Å². The van der Waals surface area contributed by atoms with Crippen LogP contribution in [0.5, 0.6) is 5.75 Å². The summed E-state index contributed by atoms with van der Waals surface area (Å²) in [7, 11) is 1.69. The molecule has 1 nitrogen and oxygen atoms in total. The molecule has 0 heterocycles. The van der Waals surface area contributed by atoms with Crippen molar-refractivity contribution in [1.29, 1.82) is 0 Å². The highest BCUT2D eigenvalue weighted by Gasteiger charge is 2.40. The van der Waals surface area contributed by atoms with Crippen molar-refractivity contribution in [3.8, 4) is 5.75 Å². The fraction of sp³-hybridized carbons (Fsp3) is 0.250. The van der Waals surface area contributed by atoms with Crippen LogP contribution in [0.1, 0.15) is 42.4 Å². The fourth-order valence-electron chi connectivity index (χ4n) is 3.65. The minimum atomic E-state index is -0.618. The van der Waals surface area contributed by atoms with Crippen molar-refractivity contribution in [3.63, 3.8) is 0 Å². The Hall–Kier alpha value is -2.25. The van der Waals surface area contributed by atoms with Gasteiger partial charge in [-0.1, -0.05) is 86.1 Å². The van der Waals surface area contributed by atoms with Crippen LogP contribution >= 0.6 is 11.6 Å². The van der Waals surface area contributed by atoms with E-state index in [0.29, 0.717) is 0 Å². The van der Waals surface area contributed by atoms with Crippen molar-refractivity contribution >= 4 is 11.6 Å². The van der Waals surface area contributed by atoms with Gasteiger partial charge in [-0.25, -0.2) is 0 Å². The molecule has 2 heteroatoms. The summed E-state index contributed by atoms with van der Waals surface area (Å²) in [6.07, 6.45) is 2.06. The lowest BCUT2D eigenvalue weighted by Gasteiger charge is -2.37. The van der Waals surface area contributed by atoms with E-state index in [2.05, 4.69) is 67.6 Å². The SMILES string of the molecule is CCCC(c1ccc(OC)cc1)C(Cl)(c1ccccc1)c1ccccc1. The van der Waals surface area contributed by atoms with Crippen molar-refractivity contribution in [2.24, 2.45) is 0 Å². The van der Waals surface area contributed by atoms with Gasteiger partial charge < -0.3 is 4.74 Å². The first kappa shape index (κ1) is 18.5. The summed E-state index contributed by atoms with van der Waals surface area (Å²) in [5, 5.41) is 0. The third-order valence-corrected chi connectivity index (χ3v) is 5.66. The van der Waals surface area contributed by atoms with E-state index >= 15 is 0 Å². The Bertz CT molecular complexity index is 757. The highest BCUT2D eigenvalue weighted by Crippen LogP contribution is 2.50. The van der Waals surface area contributed by atoms with Gasteiger partial charge in [0.05, 0.1) is 7.11 Å². The molecule has 26 heavy (non-hydrogen) atoms. The molecule has 3 aromatic carbocycles. The van der Waals surface area contributed by atoms with Gasteiger partial charge in [0, 0.05) is 5.92 Å². The van der Waals surface area contributed by atoms with E-state index in [0.717, 1.165) is 29.7 Å². The van der Waals surface area contributed by atoms with Crippen LogP contribution in [-0.4, -0.2) is 7.11 Å². The number of halogens is 1. The van der Waals surface area contributed by atoms with Crippen LogP contribution in [-0.2, 0) is 4.87 Å². The molecule has 3 rings (SSSR count). The molecular formula is C24H25ClO. The minimum Gasteiger partial charge on any atom is -0.497 e. The molecular weight excluding hydrogens is 340 g/mol. The summed E-state index contributed by atoms with van der Waals surface area (Å²) in [4.78, 5) is -0.618. The van der Waals surface area contributed by atoms with E-state index in [1.165, 1.54) is 5.56 Å². The van der Waals surface area contributed by atoms with Crippen LogP contribution in [0, 0.1) is 0 Å². The number of methoxy groups -OCH3 is 1. The number of hydrogen-bond acceptors (Lipinski definition) is 1. The van der Waals surface area contributed by atoms with Crippen LogP contribution < -0.4 is 4.74 Å². The normalized spacial score (nSPS) is 12.6. The number of ether oxygens (including phenoxy) is 1. The molecule has 0 saturated heterocycles. The highest BCUT2D eigenvalue weighted by molar-refractivity contribution is 6.26. The minimum absolute atomic E-state index is 0.157. The average Bonchev–Trinajstić information content (AvgIpc) is 2.73. The maximum absolute atomic E-state index is 7.51. The fourth-order valence-corrected chi connectivity index (χ4v) is 4.14. The zero-order chi connectivity index (χ0) is 18.4. The lowest BCUT2D eigenvalue weighted by molar-refractivity contribution is 0.414. The summed E-state index contributed by atoms with van der Waals surface area (Å²) >= 11 is 7.51. The van der Waals surface area contributed by atoms with Gasteiger partial charge in [0.2, 0.25) is 0 Å². The van der Waals surface area contributed by atoms with Crippen molar-refractivity contribution < 1.29 is 4.74 Å². The van der Waals surface area contributed by atoms with Gasteiger partial charge in [-0.3, -0.25) is 0 Å². The van der Waals surface area contributed by atoms with Crippen LogP contribution in [0.4, 0.5) is 0 Å². The second-order valence-corrected chi connectivity index (χ2v) is 7.15. The van der Waals surface area contributed by atoms with Crippen LogP contribution in [0.2, 0.25) is 0 Å². The van der Waals surface area contributed by atoms with Crippen LogP contribution in [0.3, 0.4) is 0 Å². The maximum Gasteiger partial charge on any atom is 0.118 e. The number of hydrogen-bond donors (Lipinski definition) is 0. The Kier molecular flexibility index (Phi) is 6.00. The molecule has 3 aromatic rings. The summed E-state index contributed by atoms with van der Waals surface area (Å²) in [5.74, 6) is 1.02. The molecule has 0 aliphatic heterocycles. The summed E-state index contributed by atoms with van der Waals surface area (Å²) in [6, 6.07) is 29.2. The monoisotopic (exact) mass is 364 g/mol. The molecule has 0 aliphatic carbocycles. The average molecular weight is 365 g/mol. The van der Waals surface area contributed by atoms with Gasteiger partial charge >= 0.3 is 0 Å². The van der Waals surface area contributed by atoms with Gasteiger partial charge in [0.1, 0.15) is 10.6 Å². The second kappa shape index (κ2) is 8.42. The molecule has 134 valence electrons. The third kappa shape index (κ3) is 3.64. The first-order valence-corrected chi connectivity index (χ1v) is 9.51. The summed E-state index contributed by atoms with van der Waals surface area (Å²) in [6.45, 7) is 2.21. The Balaban J connectivity index is 2.16. The molecule has 0 bridgehead atoms. The lowest BCUT2D eigenvalue weighted by atomic mass is 9.74. The molecule has 0 fully saturated rings. The van der Waals surface area contributed by atoms with Gasteiger partial charge in [-0.2, -0.15) is 0 Å². The quantitative estimate of drug-likeness (QED) is 0.421. The first-order valence-electron chi connectivity index (χ1n) is 9.14. The molecule has 1 atom stereocenters. The summed E-state index contributed by atoms with van der Waals surface area (Å²) in [5.41, 5.74) is 3.49. The molecule has 0 aliphatic rings. The van der Waals surface area contributed by atoms with Crippen LogP contribution in [0.15, 0.2) is 84.9 Å². The van der Waals surface area contributed by atoms with Gasteiger partial charge in [0.25, 0.3) is 0 Å². The zero-order valence-electron chi connectivity index (χ0n) is 15.4. The molecule has 0 amide bonds. The largest absolute Gasteiger partial charge is 0.497 e. The number of benzene rings is 3. The van der Waals surface area contributed by atoms with Gasteiger partial charge in [0.15, 0.2) is 0 Å². The Labute approximate surface area is 161 Å². The molecule has 0 N–H and O–H groups in total. The second-order valence-electron chi connectivity index (χ2n) is 6.56. The van der Waals surface area contributed by atoms with E-state index in [9.17, 15) is 0 Å².